The third-order valence-electron chi connectivity index (χ3n) is 4.19. The van der Waals surface area contributed by atoms with E-state index in [2.05, 4.69) is 5.10 Å². The Labute approximate surface area is 131 Å². The van der Waals surface area contributed by atoms with Crippen LogP contribution in [0, 0.1) is 5.82 Å². The molecule has 2 aromatic heterocycles. The van der Waals surface area contributed by atoms with Gasteiger partial charge in [0.15, 0.2) is 11.6 Å². The van der Waals surface area contributed by atoms with Gasteiger partial charge in [0.25, 0.3) is 5.56 Å². The van der Waals surface area contributed by atoms with Crippen LogP contribution in [0.25, 0.3) is 5.52 Å². The highest BCUT2D eigenvalue weighted by Gasteiger charge is 2.26. The second-order valence-electron chi connectivity index (χ2n) is 5.87. The Kier molecular flexibility index (Phi) is 3.18. The summed E-state index contributed by atoms with van der Waals surface area (Å²) >= 11 is 0. The predicted molar refractivity (Wildman–Crippen MR) is 83.5 cm³/mol. The van der Waals surface area contributed by atoms with E-state index in [1.807, 2.05) is 6.07 Å². The van der Waals surface area contributed by atoms with Gasteiger partial charge in [-0.05, 0) is 36.6 Å². The highest BCUT2D eigenvalue weighted by Crippen LogP contribution is 2.39. The Morgan fingerprint density at radius 3 is 2.83 bits per heavy atom. The fourth-order valence-electron chi connectivity index (χ4n) is 2.75. The van der Waals surface area contributed by atoms with Crippen LogP contribution in [0.4, 0.5) is 4.39 Å². The lowest BCUT2D eigenvalue weighted by molar-refractivity contribution is 0.386. The van der Waals surface area contributed by atoms with Gasteiger partial charge >= 0.3 is 0 Å². The first-order chi connectivity index (χ1) is 11.2. The summed E-state index contributed by atoms with van der Waals surface area (Å²) in [6, 6.07) is 6.58. The first-order valence-electron chi connectivity index (χ1n) is 7.57. The summed E-state index contributed by atoms with van der Waals surface area (Å²) in [5.41, 5.74) is 2.12. The van der Waals surface area contributed by atoms with E-state index in [1.54, 1.807) is 33.6 Å². The van der Waals surface area contributed by atoms with Crippen molar-refractivity contribution < 1.29 is 9.13 Å². The summed E-state index contributed by atoms with van der Waals surface area (Å²) in [6.45, 7) is 0.306. The molecule has 0 atom stereocenters. The van der Waals surface area contributed by atoms with Gasteiger partial charge in [-0.15, -0.1) is 0 Å². The molecule has 23 heavy (non-hydrogen) atoms. The van der Waals surface area contributed by atoms with Crippen molar-refractivity contribution in [1.82, 2.24) is 14.2 Å². The Bertz CT molecular complexity index is 941. The molecule has 1 aromatic carbocycles. The maximum absolute atomic E-state index is 13.8. The van der Waals surface area contributed by atoms with E-state index in [9.17, 15) is 9.18 Å². The zero-order chi connectivity index (χ0) is 16.0. The highest BCUT2D eigenvalue weighted by atomic mass is 19.1. The van der Waals surface area contributed by atoms with Crippen molar-refractivity contribution in [1.29, 1.82) is 0 Å². The van der Waals surface area contributed by atoms with Gasteiger partial charge in [-0.2, -0.15) is 5.10 Å². The first-order valence-corrected chi connectivity index (χ1v) is 7.57. The van der Waals surface area contributed by atoms with Crippen LogP contribution < -0.4 is 10.3 Å². The normalized spacial score (nSPS) is 14.3. The number of methoxy groups -OCH3 is 1. The number of benzene rings is 1. The average molecular weight is 313 g/mol. The number of rotatable bonds is 4. The van der Waals surface area contributed by atoms with Crippen LogP contribution in [0.5, 0.6) is 5.75 Å². The number of aromatic nitrogens is 3. The van der Waals surface area contributed by atoms with Gasteiger partial charge in [0.1, 0.15) is 5.52 Å². The van der Waals surface area contributed by atoms with Crippen molar-refractivity contribution in [2.75, 3.05) is 7.11 Å². The standard InChI is InChI=1S/C17H16FN3O2/c1-23-16-5-2-11(8-13(16)18)10-20-6-7-21-15(17(20)22)9-14(19-21)12-3-4-12/h2,5-9,12H,3-4,10H2,1H3. The molecule has 0 bridgehead atoms. The van der Waals surface area contributed by atoms with E-state index >= 15 is 0 Å². The minimum absolute atomic E-state index is 0.122. The molecule has 0 unspecified atom stereocenters. The Morgan fingerprint density at radius 2 is 2.13 bits per heavy atom. The van der Waals surface area contributed by atoms with E-state index in [-0.39, 0.29) is 11.3 Å². The largest absolute Gasteiger partial charge is 0.494 e. The van der Waals surface area contributed by atoms with Gasteiger partial charge in [0, 0.05) is 18.3 Å². The second-order valence-corrected chi connectivity index (χ2v) is 5.87. The fraction of sp³-hybridized carbons (Fsp3) is 0.294. The van der Waals surface area contributed by atoms with E-state index in [0.29, 0.717) is 23.5 Å². The van der Waals surface area contributed by atoms with Crippen LogP contribution in [0.2, 0.25) is 0 Å². The van der Waals surface area contributed by atoms with Gasteiger partial charge in [-0.1, -0.05) is 6.07 Å². The highest BCUT2D eigenvalue weighted by molar-refractivity contribution is 5.46. The van der Waals surface area contributed by atoms with Crippen molar-refractivity contribution in [3.63, 3.8) is 0 Å². The van der Waals surface area contributed by atoms with Gasteiger partial charge in [-0.3, -0.25) is 4.79 Å². The summed E-state index contributed by atoms with van der Waals surface area (Å²) in [7, 11) is 1.42. The van der Waals surface area contributed by atoms with Crippen LogP contribution in [-0.4, -0.2) is 21.3 Å². The molecule has 6 heteroatoms. The molecular weight excluding hydrogens is 297 g/mol. The second kappa shape index (κ2) is 5.22. The molecule has 3 aromatic rings. The molecule has 0 amide bonds. The summed E-state index contributed by atoms with van der Waals surface area (Å²) < 4.78 is 21.9. The molecule has 1 aliphatic rings. The molecule has 0 N–H and O–H groups in total. The predicted octanol–water partition coefficient (Wildman–Crippen LogP) is 2.57. The lowest BCUT2D eigenvalue weighted by Crippen LogP contribution is -2.21. The van der Waals surface area contributed by atoms with Crippen LogP contribution >= 0.6 is 0 Å². The number of nitrogens with zero attached hydrogens (tertiary/aromatic N) is 3. The van der Waals surface area contributed by atoms with Crippen LogP contribution in [0.1, 0.15) is 30.0 Å². The third-order valence-corrected chi connectivity index (χ3v) is 4.19. The van der Waals surface area contributed by atoms with Gasteiger partial charge in [-0.25, -0.2) is 8.91 Å². The van der Waals surface area contributed by atoms with Crippen LogP contribution in [0.15, 0.2) is 41.5 Å². The fourth-order valence-corrected chi connectivity index (χ4v) is 2.75. The monoisotopic (exact) mass is 313 g/mol. The third kappa shape index (κ3) is 2.50. The molecule has 1 saturated carbocycles. The van der Waals surface area contributed by atoms with Crippen molar-refractivity contribution in [2.24, 2.45) is 0 Å². The Morgan fingerprint density at radius 1 is 1.30 bits per heavy atom. The molecule has 0 aliphatic heterocycles. The lowest BCUT2D eigenvalue weighted by Gasteiger charge is -2.08. The van der Waals surface area contributed by atoms with E-state index in [1.165, 1.54) is 13.2 Å². The van der Waals surface area contributed by atoms with E-state index in [4.69, 9.17) is 4.74 Å². The van der Waals surface area contributed by atoms with Gasteiger partial charge < -0.3 is 9.30 Å². The molecule has 2 heterocycles. The molecule has 1 fully saturated rings. The minimum Gasteiger partial charge on any atom is -0.494 e. The molecule has 4 rings (SSSR count). The number of ether oxygens (including phenoxy) is 1. The zero-order valence-electron chi connectivity index (χ0n) is 12.7. The lowest BCUT2D eigenvalue weighted by atomic mass is 10.2. The SMILES string of the molecule is COc1ccc(Cn2ccn3nc(C4CC4)cc3c2=O)cc1F. The maximum Gasteiger partial charge on any atom is 0.276 e. The Hall–Kier alpha value is -2.63. The molecule has 0 saturated heterocycles. The molecule has 5 nitrogen and oxygen atoms in total. The van der Waals surface area contributed by atoms with E-state index in [0.717, 1.165) is 18.5 Å². The van der Waals surface area contributed by atoms with Crippen molar-refractivity contribution in [2.45, 2.75) is 25.3 Å². The maximum atomic E-state index is 13.8. The topological polar surface area (TPSA) is 48.5 Å². The summed E-state index contributed by atoms with van der Waals surface area (Å²) in [5.74, 6) is 0.263. The van der Waals surface area contributed by atoms with E-state index < -0.39 is 5.82 Å². The van der Waals surface area contributed by atoms with Crippen LogP contribution in [-0.2, 0) is 6.54 Å². The molecular formula is C17H16FN3O2. The zero-order valence-corrected chi connectivity index (χ0v) is 12.7. The van der Waals surface area contributed by atoms with Gasteiger partial charge in [0.2, 0.25) is 0 Å². The molecule has 0 spiro atoms. The van der Waals surface area contributed by atoms with Gasteiger partial charge in [0.05, 0.1) is 19.3 Å². The first kappa shape index (κ1) is 14.0. The average Bonchev–Trinajstić information content (AvgIpc) is 3.30. The smallest absolute Gasteiger partial charge is 0.276 e. The quantitative estimate of drug-likeness (QED) is 0.744. The summed E-state index contributed by atoms with van der Waals surface area (Å²) in [6.07, 6.45) is 5.73. The molecule has 0 radical (unpaired) electrons. The van der Waals surface area contributed by atoms with Crippen molar-refractivity contribution >= 4 is 5.52 Å². The number of halogens is 1. The minimum atomic E-state index is -0.431. The summed E-state index contributed by atoms with van der Waals surface area (Å²) in [5, 5.41) is 4.45. The number of fused-ring (bicyclic) bond motifs is 1. The number of hydrogen-bond acceptors (Lipinski definition) is 3. The van der Waals surface area contributed by atoms with Crippen LogP contribution in [0.3, 0.4) is 0 Å². The molecule has 118 valence electrons. The molecule has 1 aliphatic carbocycles. The van der Waals surface area contributed by atoms with Crippen molar-refractivity contribution in [3.05, 3.63) is 64.1 Å². The Balaban J connectivity index is 1.69. The summed E-state index contributed by atoms with van der Waals surface area (Å²) in [4.78, 5) is 12.6. The number of hydrogen-bond donors (Lipinski definition) is 0. The van der Waals surface area contributed by atoms with Crippen molar-refractivity contribution in [3.8, 4) is 5.75 Å².